The molecule has 18 heavy (non-hydrogen) atoms. The van der Waals surface area contributed by atoms with Gasteiger partial charge in [-0.25, -0.2) is 0 Å². The van der Waals surface area contributed by atoms with E-state index in [1.54, 1.807) is 0 Å². The van der Waals surface area contributed by atoms with Gasteiger partial charge in [-0.15, -0.1) is 0 Å². The predicted octanol–water partition coefficient (Wildman–Crippen LogP) is 2.60. The molecule has 0 aliphatic heterocycles. The summed E-state index contributed by atoms with van der Waals surface area (Å²) in [7, 11) is 1.43. The number of methoxy groups -OCH3 is 1. The summed E-state index contributed by atoms with van der Waals surface area (Å²) >= 11 is 0. The zero-order valence-electron chi connectivity index (χ0n) is 11.7. The monoisotopic (exact) mass is 250 g/mol. The Bertz CT molecular complexity index is 412. The molecule has 0 aromatic carbocycles. The smallest absolute Gasteiger partial charge is 0.311 e. The molecule has 3 aliphatic carbocycles. The largest absolute Gasteiger partial charge is 0.469 e. The van der Waals surface area contributed by atoms with Gasteiger partial charge in [-0.1, -0.05) is 19.1 Å². The number of hydrogen-bond donors (Lipinski definition) is 0. The molecule has 5 atom stereocenters. The third kappa shape index (κ3) is 1.63. The Balaban J connectivity index is 2.37. The highest BCUT2D eigenvalue weighted by Crippen LogP contribution is 2.57. The lowest BCUT2D eigenvalue weighted by molar-refractivity contribution is -0.172. The van der Waals surface area contributed by atoms with E-state index in [1.807, 2.05) is 20.8 Å². The lowest BCUT2D eigenvalue weighted by Crippen LogP contribution is -2.57. The Morgan fingerprint density at radius 3 is 2.61 bits per heavy atom. The van der Waals surface area contributed by atoms with Gasteiger partial charge in [0.25, 0.3) is 0 Å². The van der Waals surface area contributed by atoms with Gasteiger partial charge in [-0.2, -0.15) is 0 Å². The van der Waals surface area contributed by atoms with Crippen LogP contribution in [0.2, 0.25) is 0 Å². The Kier molecular flexibility index (Phi) is 3.12. The van der Waals surface area contributed by atoms with Crippen molar-refractivity contribution in [2.45, 2.75) is 33.6 Å². The first-order valence-corrected chi connectivity index (χ1v) is 6.60. The molecule has 3 heteroatoms. The van der Waals surface area contributed by atoms with Crippen LogP contribution in [0.25, 0.3) is 0 Å². The summed E-state index contributed by atoms with van der Waals surface area (Å²) < 4.78 is 4.95. The van der Waals surface area contributed by atoms with Crippen LogP contribution in [0.3, 0.4) is 0 Å². The summed E-state index contributed by atoms with van der Waals surface area (Å²) in [4.78, 5) is 24.4. The summed E-state index contributed by atoms with van der Waals surface area (Å²) in [5.41, 5.74) is 0.566. The van der Waals surface area contributed by atoms with Crippen molar-refractivity contribution in [3.8, 4) is 0 Å². The quantitative estimate of drug-likeness (QED) is 0.559. The Labute approximate surface area is 109 Å². The minimum atomic E-state index is -0.501. The fourth-order valence-electron chi connectivity index (χ4n) is 4.05. The van der Waals surface area contributed by atoms with Gasteiger partial charge in [0.1, 0.15) is 5.78 Å². The molecule has 0 unspecified atom stereocenters. The van der Waals surface area contributed by atoms with E-state index in [-0.39, 0.29) is 29.6 Å². The highest BCUT2D eigenvalue weighted by molar-refractivity contribution is 5.90. The third-order valence-corrected chi connectivity index (χ3v) is 5.16. The summed E-state index contributed by atoms with van der Waals surface area (Å²) in [6.45, 7) is 9.89. The summed E-state index contributed by atoms with van der Waals surface area (Å²) in [5, 5.41) is 0. The number of Topliss-reactive ketones (excluding diaryl/α,β-unsaturated/α-hetero) is 1. The van der Waals surface area contributed by atoms with E-state index in [9.17, 15) is 9.59 Å². The number of ether oxygens (including phenoxy) is 1. The van der Waals surface area contributed by atoms with Crippen LogP contribution in [0.1, 0.15) is 33.6 Å². The average Bonchev–Trinajstić information content (AvgIpc) is 2.33. The fraction of sp³-hybridized carbons (Fsp3) is 0.733. The number of rotatable bonds is 2. The maximum Gasteiger partial charge on any atom is 0.311 e. The van der Waals surface area contributed by atoms with E-state index in [2.05, 4.69) is 6.58 Å². The number of esters is 1. The number of ketones is 1. The standard InChI is InChI=1S/C15H22O3/c1-8(2)10-6-12-9(3)13(16)11(10)7-15(12,4)14(17)18-5/h9-12H,1,6-7H2,2-5H3/t9-,10-,11-,12+,15+/m0/s1. The first-order chi connectivity index (χ1) is 8.32. The SMILES string of the molecule is C=C(C)[C@@H]1C[C@@H]2[C@H](C)C(=O)[C@H]1C[C@@]2(C)C(=O)OC. The molecule has 0 spiro atoms. The summed E-state index contributed by atoms with van der Waals surface area (Å²) in [6.07, 6.45) is 1.50. The average molecular weight is 250 g/mol. The topological polar surface area (TPSA) is 43.4 Å². The molecule has 100 valence electrons. The van der Waals surface area contributed by atoms with E-state index < -0.39 is 5.41 Å². The molecule has 0 N–H and O–H groups in total. The zero-order chi connectivity index (χ0) is 13.7. The van der Waals surface area contributed by atoms with Crippen LogP contribution in [0.4, 0.5) is 0 Å². The van der Waals surface area contributed by atoms with Gasteiger partial charge < -0.3 is 4.74 Å². The Hall–Kier alpha value is -1.12. The van der Waals surface area contributed by atoms with E-state index in [1.165, 1.54) is 7.11 Å². The second kappa shape index (κ2) is 4.22. The first kappa shape index (κ1) is 13.3. The molecule has 0 heterocycles. The summed E-state index contributed by atoms with van der Waals surface area (Å²) in [5.74, 6) is 0.383. The number of carbonyl (C=O) groups excluding carboxylic acids is 2. The molecule has 3 rings (SSSR count). The second-order valence-electron chi connectivity index (χ2n) is 6.21. The van der Waals surface area contributed by atoms with Gasteiger partial charge in [0.05, 0.1) is 12.5 Å². The minimum Gasteiger partial charge on any atom is -0.469 e. The maximum absolute atomic E-state index is 12.3. The van der Waals surface area contributed by atoms with Crippen LogP contribution >= 0.6 is 0 Å². The van der Waals surface area contributed by atoms with Crippen molar-refractivity contribution < 1.29 is 14.3 Å². The van der Waals surface area contributed by atoms with Crippen molar-refractivity contribution in [2.75, 3.05) is 7.11 Å². The van der Waals surface area contributed by atoms with Gasteiger partial charge in [-0.05, 0) is 38.5 Å². The van der Waals surface area contributed by atoms with Crippen LogP contribution < -0.4 is 0 Å². The van der Waals surface area contributed by atoms with Crippen molar-refractivity contribution >= 4 is 11.8 Å². The second-order valence-corrected chi connectivity index (χ2v) is 6.21. The van der Waals surface area contributed by atoms with Crippen LogP contribution in [0.5, 0.6) is 0 Å². The van der Waals surface area contributed by atoms with Crippen LogP contribution in [-0.4, -0.2) is 18.9 Å². The number of hydrogen-bond acceptors (Lipinski definition) is 3. The number of carbonyl (C=O) groups is 2. The van der Waals surface area contributed by atoms with Crippen molar-refractivity contribution in [3.63, 3.8) is 0 Å². The third-order valence-electron chi connectivity index (χ3n) is 5.16. The highest BCUT2D eigenvalue weighted by Gasteiger charge is 2.59. The van der Waals surface area contributed by atoms with Crippen molar-refractivity contribution in [1.29, 1.82) is 0 Å². The lowest BCUT2D eigenvalue weighted by atomic mass is 9.48. The van der Waals surface area contributed by atoms with E-state index in [0.717, 1.165) is 12.0 Å². The maximum atomic E-state index is 12.3. The molecule has 3 saturated carbocycles. The Morgan fingerprint density at radius 2 is 2.11 bits per heavy atom. The predicted molar refractivity (Wildman–Crippen MR) is 68.8 cm³/mol. The van der Waals surface area contributed by atoms with Gasteiger partial charge in [0, 0.05) is 11.8 Å². The normalized spacial score (nSPS) is 42.8. The molecule has 0 aromatic heterocycles. The molecular formula is C15H22O3. The number of allylic oxidation sites excluding steroid dienone is 1. The van der Waals surface area contributed by atoms with E-state index >= 15 is 0 Å². The molecule has 0 radical (unpaired) electrons. The van der Waals surface area contributed by atoms with Gasteiger partial charge >= 0.3 is 5.97 Å². The van der Waals surface area contributed by atoms with Gasteiger partial charge in [0.2, 0.25) is 0 Å². The van der Waals surface area contributed by atoms with Crippen LogP contribution in [0, 0.1) is 29.1 Å². The van der Waals surface area contributed by atoms with E-state index in [4.69, 9.17) is 4.74 Å². The van der Waals surface area contributed by atoms with Crippen LogP contribution in [-0.2, 0) is 14.3 Å². The highest BCUT2D eigenvalue weighted by atomic mass is 16.5. The zero-order valence-corrected chi connectivity index (χ0v) is 11.7. The van der Waals surface area contributed by atoms with Crippen molar-refractivity contribution in [2.24, 2.45) is 29.1 Å². The minimum absolute atomic E-state index is 0.0385. The van der Waals surface area contributed by atoms with Gasteiger partial charge in [0.15, 0.2) is 0 Å². The Morgan fingerprint density at radius 1 is 1.50 bits per heavy atom. The van der Waals surface area contributed by atoms with Crippen molar-refractivity contribution in [1.82, 2.24) is 0 Å². The fourth-order valence-corrected chi connectivity index (χ4v) is 4.05. The summed E-state index contributed by atoms with van der Waals surface area (Å²) in [6, 6.07) is 0. The molecule has 0 saturated heterocycles. The first-order valence-electron chi connectivity index (χ1n) is 6.60. The number of fused-ring (bicyclic) bond motifs is 3. The van der Waals surface area contributed by atoms with Crippen LogP contribution in [0.15, 0.2) is 12.2 Å². The molecular weight excluding hydrogens is 228 g/mol. The van der Waals surface area contributed by atoms with Gasteiger partial charge in [-0.3, -0.25) is 9.59 Å². The lowest BCUT2D eigenvalue weighted by Gasteiger charge is -2.54. The van der Waals surface area contributed by atoms with Crippen molar-refractivity contribution in [3.05, 3.63) is 12.2 Å². The molecule has 3 nitrogen and oxygen atoms in total. The van der Waals surface area contributed by atoms with E-state index in [0.29, 0.717) is 12.2 Å². The molecule has 0 aromatic rings. The molecule has 0 amide bonds. The molecule has 3 aliphatic rings. The molecule has 3 fully saturated rings. The molecule has 2 bridgehead atoms.